The zero-order chi connectivity index (χ0) is 15.0. The molecule has 0 saturated carbocycles. The Balaban J connectivity index is 1.89. The summed E-state index contributed by atoms with van der Waals surface area (Å²) >= 11 is 8.27. The van der Waals surface area contributed by atoms with Gasteiger partial charge in [0.2, 0.25) is 0 Å². The topological polar surface area (TPSA) is 55.1 Å². The number of amides is 1. The molecular formula is C15H10Br2N2OS. The molecule has 106 valence electrons. The number of fused-ring (bicyclic) bond motifs is 1. The predicted octanol–water partition coefficient (Wildman–Crippen LogP) is 5.26. The van der Waals surface area contributed by atoms with Crippen molar-refractivity contribution in [3.05, 3.63) is 56.3 Å². The smallest absolute Gasteiger partial charge is 0.265 e. The highest BCUT2D eigenvalue weighted by Crippen LogP contribution is 2.30. The number of benzene rings is 2. The number of carbonyl (C=O) groups is 1. The van der Waals surface area contributed by atoms with Crippen molar-refractivity contribution in [2.75, 3.05) is 11.1 Å². The summed E-state index contributed by atoms with van der Waals surface area (Å²) in [4.78, 5) is 13.0. The molecule has 0 fully saturated rings. The van der Waals surface area contributed by atoms with Crippen LogP contribution >= 0.6 is 43.2 Å². The van der Waals surface area contributed by atoms with Crippen LogP contribution < -0.4 is 11.1 Å². The van der Waals surface area contributed by atoms with Crippen LogP contribution in [0.5, 0.6) is 0 Å². The number of hydrogen-bond donors (Lipinski definition) is 2. The normalized spacial score (nSPS) is 10.8. The van der Waals surface area contributed by atoms with E-state index in [2.05, 4.69) is 37.2 Å². The maximum atomic E-state index is 12.3. The lowest BCUT2D eigenvalue weighted by Gasteiger charge is -2.06. The molecule has 3 nitrogen and oxygen atoms in total. The second-order valence-corrected chi connectivity index (χ2v) is 7.34. The van der Waals surface area contributed by atoms with Crippen LogP contribution in [0.2, 0.25) is 0 Å². The molecule has 0 unspecified atom stereocenters. The molecule has 2 aromatic carbocycles. The molecule has 1 aromatic heterocycles. The van der Waals surface area contributed by atoms with Crippen LogP contribution in [-0.2, 0) is 0 Å². The standard InChI is InChI=1S/C15H10Br2N2OS/c16-9-1-3-12(11(17)7-9)19-15(20)14-6-8-5-10(18)2-4-13(8)21-14/h1-7H,18H2,(H,19,20). The summed E-state index contributed by atoms with van der Waals surface area (Å²) in [6.45, 7) is 0. The van der Waals surface area contributed by atoms with Crippen LogP contribution in [0.1, 0.15) is 9.67 Å². The SMILES string of the molecule is Nc1ccc2sc(C(=O)Nc3ccc(Br)cc3Br)cc2c1. The lowest BCUT2D eigenvalue weighted by Crippen LogP contribution is -2.10. The lowest BCUT2D eigenvalue weighted by atomic mass is 10.2. The van der Waals surface area contributed by atoms with Gasteiger partial charge >= 0.3 is 0 Å². The lowest BCUT2D eigenvalue weighted by molar-refractivity contribution is 0.103. The summed E-state index contributed by atoms with van der Waals surface area (Å²) in [6, 6.07) is 13.1. The van der Waals surface area contributed by atoms with Crippen molar-refractivity contribution < 1.29 is 4.79 Å². The Hall–Kier alpha value is -1.37. The molecule has 0 spiro atoms. The van der Waals surface area contributed by atoms with E-state index in [1.807, 2.05) is 42.5 Å². The Morgan fingerprint density at radius 2 is 1.90 bits per heavy atom. The average molecular weight is 426 g/mol. The van der Waals surface area contributed by atoms with Gasteiger partial charge in [0.15, 0.2) is 0 Å². The maximum Gasteiger partial charge on any atom is 0.265 e. The minimum Gasteiger partial charge on any atom is -0.399 e. The minimum absolute atomic E-state index is 0.127. The third-order valence-electron chi connectivity index (χ3n) is 2.94. The van der Waals surface area contributed by atoms with E-state index in [0.29, 0.717) is 10.6 Å². The van der Waals surface area contributed by atoms with Crippen molar-refractivity contribution >= 4 is 70.6 Å². The molecule has 3 N–H and O–H groups in total. The van der Waals surface area contributed by atoms with E-state index in [4.69, 9.17) is 5.73 Å². The van der Waals surface area contributed by atoms with Crippen molar-refractivity contribution in [1.29, 1.82) is 0 Å². The number of nitrogen functional groups attached to an aromatic ring is 1. The largest absolute Gasteiger partial charge is 0.399 e. The second kappa shape index (κ2) is 5.79. The van der Waals surface area contributed by atoms with Gasteiger partial charge in [0.05, 0.1) is 10.6 Å². The van der Waals surface area contributed by atoms with E-state index >= 15 is 0 Å². The molecular weight excluding hydrogens is 416 g/mol. The van der Waals surface area contributed by atoms with Gasteiger partial charge in [-0.1, -0.05) is 15.9 Å². The predicted molar refractivity (Wildman–Crippen MR) is 96.0 cm³/mol. The number of hydrogen-bond acceptors (Lipinski definition) is 3. The molecule has 0 atom stereocenters. The number of rotatable bonds is 2. The zero-order valence-corrected chi connectivity index (χ0v) is 14.7. The van der Waals surface area contributed by atoms with E-state index in [9.17, 15) is 4.79 Å². The summed E-state index contributed by atoms with van der Waals surface area (Å²) in [7, 11) is 0. The summed E-state index contributed by atoms with van der Waals surface area (Å²) in [5, 5.41) is 3.89. The first-order valence-corrected chi connectivity index (χ1v) is 8.48. The number of halogens is 2. The fourth-order valence-electron chi connectivity index (χ4n) is 1.95. The first kappa shape index (κ1) is 14.6. The van der Waals surface area contributed by atoms with E-state index in [1.165, 1.54) is 11.3 Å². The van der Waals surface area contributed by atoms with Gasteiger partial charge in [-0.05, 0) is 63.8 Å². The third-order valence-corrected chi connectivity index (χ3v) is 5.21. The summed E-state index contributed by atoms with van der Waals surface area (Å²) in [5.41, 5.74) is 7.19. The Kier molecular flexibility index (Phi) is 4.01. The van der Waals surface area contributed by atoms with Gasteiger partial charge in [0, 0.05) is 19.3 Å². The summed E-state index contributed by atoms with van der Waals surface area (Å²) in [6.07, 6.45) is 0. The van der Waals surface area contributed by atoms with Gasteiger partial charge in [-0.25, -0.2) is 0 Å². The molecule has 3 rings (SSSR count). The van der Waals surface area contributed by atoms with Gasteiger partial charge in [0.1, 0.15) is 0 Å². The molecule has 1 amide bonds. The van der Waals surface area contributed by atoms with Crippen LogP contribution in [0.15, 0.2) is 51.4 Å². The van der Waals surface area contributed by atoms with Crippen molar-refractivity contribution in [2.45, 2.75) is 0 Å². The maximum absolute atomic E-state index is 12.3. The van der Waals surface area contributed by atoms with Crippen molar-refractivity contribution in [3.8, 4) is 0 Å². The molecule has 0 aliphatic carbocycles. The van der Waals surface area contributed by atoms with Gasteiger partial charge < -0.3 is 11.1 Å². The van der Waals surface area contributed by atoms with Crippen LogP contribution in [-0.4, -0.2) is 5.91 Å². The van der Waals surface area contributed by atoms with Gasteiger partial charge in [-0.15, -0.1) is 11.3 Å². The Labute approximate surface area is 142 Å². The molecule has 0 aliphatic heterocycles. The molecule has 6 heteroatoms. The van der Waals surface area contributed by atoms with Gasteiger partial charge in [-0.2, -0.15) is 0 Å². The molecule has 3 aromatic rings. The first-order chi connectivity index (χ1) is 10.0. The summed E-state index contributed by atoms with van der Waals surface area (Å²) < 4.78 is 2.82. The molecule has 1 heterocycles. The Morgan fingerprint density at radius 3 is 2.67 bits per heavy atom. The Bertz CT molecular complexity index is 845. The highest BCUT2D eigenvalue weighted by atomic mass is 79.9. The van der Waals surface area contributed by atoms with E-state index in [0.717, 1.165) is 24.7 Å². The quantitative estimate of drug-likeness (QED) is 0.550. The van der Waals surface area contributed by atoms with Gasteiger partial charge in [-0.3, -0.25) is 4.79 Å². The van der Waals surface area contributed by atoms with Crippen LogP contribution in [0.4, 0.5) is 11.4 Å². The molecule has 0 radical (unpaired) electrons. The van der Waals surface area contributed by atoms with Crippen molar-refractivity contribution in [2.24, 2.45) is 0 Å². The number of nitrogens with two attached hydrogens (primary N) is 1. The summed E-state index contributed by atoms with van der Waals surface area (Å²) in [5.74, 6) is -0.127. The van der Waals surface area contributed by atoms with Gasteiger partial charge in [0.25, 0.3) is 5.91 Å². The molecule has 21 heavy (non-hydrogen) atoms. The zero-order valence-electron chi connectivity index (χ0n) is 10.7. The minimum atomic E-state index is -0.127. The number of carbonyl (C=O) groups excluding carboxylic acids is 1. The highest BCUT2D eigenvalue weighted by molar-refractivity contribution is 9.11. The fraction of sp³-hybridized carbons (Fsp3) is 0. The van der Waals surface area contributed by atoms with Crippen molar-refractivity contribution in [3.63, 3.8) is 0 Å². The number of anilines is 2. The molecule has 0 aliphatic rings. The van der Waals surface area contributed by atoms with E-state index < -0.39 is 0 Å². The molecule has 0 saturated heterocycles. The number of nitrogens with one attached hydrogen (secondary N) is 1. The average Bonchev–Trinajstić information content (AvgIpc) is 2.85. The Morgan fingerprint density at radius 1 is 1.10 bits per heavy atom. The highest BCUT2D eigenvalue weighted by Gasteiger charge is 2.12. The van der Waals surface area contributed by atoms with E-state index in [-0.39, 0.29) is 5.91 Å². The van der Waals surface area contributed by atoms with E-state index in [1.54, 1.807) is 0 Å². The van der Waals surface area contributed by atoms with Crippen molar-refractivity contribution in [1.82, 2.24) is 0 Å². The first-order valence-electron chi connectivity index (χ1n) is 6.08. The molecule has 0 bridgehead atoms. The second-order valence-electron chi connectivity index (χ2n) is 4.49. The van der Waals surface area contributed by atoms with Crippen LogP contribution in [0, 0.1) is 0 Å². The fourth-order valence-corrected chi connectivity index (χ4v) is 4.03. The number of thiophene rings is 1. The van der Waals surface area contributed by atoms with Crippen LogP contribution in [0.25, 0.3) is 10.1 Å². The van der Waals surface area contributed by atoms with Crippen LogP contribution in [0.3, 0.4) is 0 Å². The third kappa shape index (κ3) is 3.12. The monoisotopic (exact) mass is 424 g/mol.